The molecule has 0 radical (unpaired) electrons. The summed E-state index contributed by atoms with van der Waals surface area (Å²) < 4.78 is 23.4. The lowest BCUT2D eigenvalue weighted by Crippen LogP contribution is -2.29. The second kappa shape index (κ2) is 6.60. The summed E-state index contributed by atoms with van der Waals surface area (Å²) in [6, 6.07) is 0. The summed E-state index contributed by atoms with van der Waals surface area (Å²) in [4.78, 5) is 0. The van der Waals surface area contributed by atoms with E-state index >= 15 is 0 Å². The van der Waals surface area contributed by atoms with Crippen LogP contribution in [0.25, 0.3) is 0 Å². The van der Waals surface area contributed by atoms with Gasteiger partial charge in [0.25, 0.3) is 0 Å². The van der Waals surface area contributed by atoms with E-state index in [1.807, 2.05) is 0 Å². The molecule has 15 heavy (non-hydrogen) atoms. The molecule has 0 N–H and O–H groups in total. The zero-order valence-corrected chi connectivity index (χ0v) is 13.6. The lowest BCUT2D eigenvalue weighted by atomic mass is 9.87. The van der Waals surface area contributed by atoms with Crippen LogP contribution in [0.2, 0.25) is 0 Å². The molecule has 0 amide bonds. The molecule has 0 fully saturated rings. The molecule has 92 valence electrons. The second-order valence-electron chi connectivity index (χ2n) is 4.29. The van der Waals surface area contributed by atoms with E-state index in [-0.39, 0.29) is 16.4 Å². The predicted octanol–water partition coefficient (Wildman–Crippen LogP) is 3.39. The van der Waals surface area contributed by atoms with Gasteiger partial charge in [0, 0.05) is 10.7 Å². The lowest BCUT2D eigenvalue weighted by Gasteiger charge is -2.28. The van der Waals surface area contributed by atoms with Crippen molar-refractivity contribution in [3.8, 4) is 0 Å². The standard InChI is InChI=1S/C10H20Br2O2S/c1-4-10(7-11,8-12)5-6-15(13,14)9(2)3/h9H,4-8H2,1-3H3. The molecule has 0 aromatic rings. The van der Waals surface area contributed by atoms with Crippen molar-refractivity contribution in [3.63, 3.8) is 0 Å². The molecular weight excluding hydrogens is 344 g/mol. The summed E-state index contributed by atoms with van der Waals surface area (Å²) in [5, 5.41) is 1.42. The third-order valence-electron chi connectivity index (χ3n) is 2.95. The Labute approximate surface area is 110 Å². The maximum atomic E-state index is 11.7. The minimum Gasteiger partial charge on any atom is -0.229 e. The van der Waals surface area contributed by atoms with E-state index in [2.05, 4.69) is 38.8 Å². The molecule has 0 aliphatic heterocycles. The van der Waals surface area contributed by atoms with Gasteiger partial charge in [-0.1, -0.05) is 38.8 Å². The zero-order chi connectivity index (χ0) is 12.1. The summed E-state index contributed by atoms with van der Waals surface area (Å²) >= 11 is 6.95. The normalized spacial score (nSPS) is 13.5. The maximum absolute atomic E-state index is 11.7. The van der Waals surface area contributed by atoms with E-state index in [4.69, 9.17) is 0 Å². The van der Waals surface area contributed by atoms with E-state index in [0.717, 1.165) is 23.5 Å². The molecule has 5 heteroatoms. The van der Waals surface area contributed by atoms with Gasteiger partial charge in [0.2, 0.25) is 0 Å². The van der Waals surface area contributed by atoms with Crippen LogP contribution in [0, 0.1) is 5.41 Å². The fourth-order valence-corrected chi connectivity index (χ4v) is 4.60. The molecule has 0 heterocycles. The number of rotatable bonds is 7. The van der Waals surface area contributed by atoms with Gasteiger partial charge in [0.05, 0.1) is 11.0 Å². The van der Waals surface area contributed by atoms with Crippen LogP contribution in [0.3, 0.4) is 0 Å². The molecule has 0 unspecified atom stereocenters. The molecule has 0 saturated carbocycles. The lowest BCUT2D eigenvalue weighted by molar-refractivity contribution is 0.362. The van der Waals surface area contributed by atoms with E-state index in [1.165, 1.54) is 0 Å². The van der Waals surface area contributed by atoms with Gasteiger partial charge in [-0.25, -0.2) is 8.42 Å². The van der Waals surface area contributed by atoms with Crippen LogP contribution in [-0.4, -0.2) is 30.1 Å². The van der Waals surface area contributed by atoms with E-state index in [1.54, 1.807) is 13.8 Å². The third kappa shape index (κ3) is 4.73. The van der Waals surface area contributed by atoms with Crippen LogP contribution < -0.4 is 0 Å². The fraction of sp³-hybridized carbons (Fsp3) is 1.00. The first-order valence-electron chi connectivity index (χ1n) is 5.17. The van der Waals surface area contributed by atoms with Gasteiger partial charge in [-0.2, -0.15) is 0 Å². The Balaban J connectivity index is 4.48. The van der Waals surface area contributed by atoms with Gasteiger partial charge in [-0.3, -0.25) is 0 Å². The Hall–Kier alpha value is 0.910. The van der Waals surface area contributed by atoms with E-state index in [0.29, 0.717) is 0 Å². The highest BCUT2D eigenvalue weighted by Crippen LogP contribution is 2.32. The number of alkyl halides is 2. The van der Waals surface area contributed by atoms with Gasteiger partial charge < -0.3 is 0 Å². The first kappa shape index (κ1) is 15.9. The zero-order valence-electron chi connectivity index (χ0n) is 9.59. The first-order chi connectivity index (χ1) is 6.83. The molecule has 0 aliphatic carbocycles. The molecule has 0 rings (SSSR count). The Kier molecular flexibility index (Phi) is 7.00. The predicted molar refractivity (Wildman–Crippen MR) is 73.9 cm³/mol. The highest BCUT2D eigenvalue weighted by atomic mass is 79.9. The van der Waals surface area contributed by atoms with Crippen LogP contribution >= 0.6 is 31.9 Å². The maximum Gasteiger partial charge on any atom is 0.152 e. The van der Waals surface area contributed by atoms with Crippen molar-refractivity contribution in [1.29, 1.82) is 0 Å². The van der Waals surface area contributed by atoms with Crippen molar-refractivity contribution in [3.05, 3.63) is 0 Å². The Bertz CT molecular complexity index is 261. The van der Waals surface area contributed by atoms with Gasteiger partial charge in [-0.15, -0.1) is 0 Å². The van der Waals surface area contributed by atoms with Crippen LogP contribution in [0.4, 0.5) is 0 Å². The largest absolute Gasteiger partial charge is 0.229 e. The molecule has 0 aromatic carbocycles. The van der Waals surface area contributed by atoms with E-state index < -0.39 is 9.84 Å². The molecule has 0 atom stereocenters. The topological polar surface area (TPSA) is 34.1 Å². The Morgan fingerprint density at radius 2 is 1.67 bits per heavy atom. The number of sulfone groups is 1. The van der Waals surface area contributed by atoms with Gasteiger partial charge in [0.15, 0.2) is 9.84 Å². The van der Waals surface area contributed by atoms with Crippen LogP contribution in [0.5, 0.6) is 0 Å². The quantitative estimate of drug-likeness (QED) is 0.649. The molecule has 0 spiro atoms. The average Bonchev–Trinajstić information content (AvgIpc) is 2.20. The molecule has 0 aromatic heterocycles. The van der Waals surface area contributed by atoms with Crippen LogP contribution in [0.15, 0.2) is 0 Å². The number of halogens is 2. The Morgan fingerprint density at radius 1 is 1.20 bits per heavy atom. The SMILES string of the molecule is CCC(CBr)(CBr)CCS(=O)(=O)C(C)C. The van der Waals surface area contributed by atoms with Crippen molar-refractivity contribution < 1.29 is 8.42 Å². The highest BCUT2D eigenvalue weighted by molar-refractivity contribution is 9.09. The van der Waals surface area contributed by atoms with Gasteiger partial charge >= 0.3 is 0 Å². The molecule has 0 saturated heterocycles. The fourth-order valence-electron chi connectivity index (χ4n) is 1.13. The minimum atomic E-state index is -2.90. The Morgan fingerprint density at radius 3 is 1.93 bits per heavy atom. The highest BCUT2D eigenvalue weighted by Gasteiger charge is 2.28. The minimum absolute atomic E-state index is 0.0714. The molecule has 0 aliphatic rings. The summed E-state index contributed by atoms with van der Waals surface area (Å²) in [5.74, 6) is 0.287. The number of hydrogen-bond donors (Lipinski definition) is 0. The smallest absolute Gasteiger partial charge is 0.152 e. The molecular formula is C10H20Br2O2S. The summed E-state index contributed by atoms with van der Waals surface area (Å²) in [6.07, 6.45) is 1.71. The number of hydrogen-bond acceptors (Lipinski definition) is 2. The molecule has 0 bridgehead atoms. The van der Waals surface area contributed by atoms with Crippen LogP contribution in [0.1, 0.15) is 33.6 Å². The summed E-state index contributed by atoms with van der Waals surface area (Å²) in [7, 11) is -2.90. The molecule has 2 nitrogen and oxygen atoms in total. The van der Waals surface area contributed by atoms with Crippen molar-refractivity contribution in [2.45, 2.75) is 38.9 Å². The summed E-state index contributed by atoms with van der Waals surface area (Å²) in [6.45, 7) is 5.58. The average molecular weight is 364 g/mol. The monoisotopic (exact) mass is 362 g/mol. The van der Waals surface area contributed by atoms with E-state index in [9.17, 15) is 8.42 Å². The van der Waals surface area contributed by atoms with Crippen molar-refractivity contribution in [2.75, 3.05) is 16.4 Å². The van der Waals surface area contributed by atoms with Crippen LogP contribution in [-0.2, 0) is 9.84 Å². The van der Waals surface area contributed by atoms with Gasteiger partial charge in [0.1, 0.15) is 0 Å². The van der Waals surface area contributed by atoms with Gasteiger partial charge in [-0.05, 0) is 32.1 Å². The van der Waals surface area contributed by atoms with Crippen molar-refractivity contribution >= 4 is 41.7 Å². The van der Waals surface area contributed by atoms with Crippen molar-refractivity contribution in [2.24, 2.45) is 5.41 Å². The van der Waals surface area contributed by atoms with Crippen molar-refractivity contribution in [1.82, 2.24) is 0 Å². The summed E-state index contributed by atoms with van der Waals surface area (Å²) in [5.41, 5.74) is 0.0714. The first-order valence-corrected chi connectivity index (χ1v) is 9.13. The second-order valence-corrected chi connectivity index (χ2v) is 8.08. The third-order valence-corrected chi connectivity index (χ3v) is 7.54.